The molecular weight excluding hydrogens is 321 g/mol. The highest BCUT2D eigenvalue weighted by Crippen LogP contribution is 2.31. The smallest absolute Gasteiger partial charge is 0.339 e. The van der Waals surface area contributed by atoms with E-state index in [0.29, 0.717) is 12.0 Å². The summed E-state index contributed by atoms with van der Waals surface area (Å²) < 4.78 is 18.6. The maximum absolute atomic E-state index is 13.1. The number of rotatable bonds is 3. The van der Waals surface area contributed by atoms with E-state index in [2.05, 4.69) is 0 Å². The number of hydrogen-bond acceptors (Lipinski definition) is 3. The molecule has 1 heterocycles. The zero-order valence-corrected chi connectivity index (χ0v) is 14.5. The quantitative estimate of drug-likeness (QED) is 0.803. The number of benzene rings is 2. The summed E-state index contributed by atoms with van der Waals surface area (Å²) >= 11 is 0. The SMILES string of the molecule is C[C@H](c1ccc(F)cc1)N(C)C(=O)[C@]1(C)Cc2ccccc2C(=O)O1. The largest absolute Gasteiger partial charge is 0.445 e. The Morgan fingerprint density at radius 2 is 1.84 bits per heavy atom. The molecule has 0 N–H and O–H groups in total. The number of nitrogens with zero attached hydrogens (tertiary/aromatic N) is 1. The highest BCUT2D eigenvalue weighted by Gasteiger charge is 2.44. The van der Waals surface area contributed by atoms with Crippen molar-refractivity contribution in [2.75, 3.05) is 7.05 Å². The summed E-state index contributed by atoms with van der Waals surface area (Å²) in [6.45, 7) is 3.49. The van der Waals surface area contributed by atoms with Gasteiger partial charge in [0.2, 0.25) is 0 Å². The Balaban J connectivity index is 1.84. The Morgan fingerprint density at radius 3 is 2.52 bits per heavy atom. The van der Waals surface area contributed by atoms with Gasteiger partial charge in [-0.1, -0.05) is 30.3 Å². The average molecular weight is 341 g/mol. The second kappa shape index (κ2) is 6.31. The van der Waals surface area contributed by atoms with Gasteiger partial charge in [-0.15, -0.1) is 0 Å². The number of esters is 1. The summed E-state index contributed by atoms with van der Waals surface area (Å²) in [6.07, 6.45) is 0.328. The van der Waals surface area contributed by atoms with Crippen molar-refractivity contribution < 1.29 is 18.7 Å². The van der Waals surface area contributed by atoms with Crippen LogP contribution in [0, 0.1) is 5.82 Å². The molecule has 1 aliphatic heterocycles. The van der Waals surface area contributed by atoms with Crippen molar-refractivity contribution in [1.82, 2.24) is 4.90 Å². The van der Waals surface area contributed by atoms with E-state index in [4.69, 9.17) is 4.74 Å². The maximum atomic E-state index is 13.1. The zero-order valence-electron chi connectivity index (χ0n) is 14.5. The monoisotopic (exact) mass is 341 g/mol. The number of hydrogen-bond donors (Lipinski definition) is 0. The lowest BCUT2D eigenvalue weighted by atomic mass is 9.88. The molecule has 1 aliphatic rings. The fourth-order valence-electron chi connectivity index (χ4n) is 3.17. The molecule has 2 atom stereocenters. The molecule has 2 aromatic carbocycles. The first-order valence-corrected chi connectivity index (χ1v) is 8.16. The molecule has 0 aliphatic carbocycles. The van der Waals surface area contributed by atoms with Crippen LogP contribution < -0.4 is 0 Å². The molecule has 0 unspecified atom stereocenters. The molecule has 4 nitrogen and oxygen atoms in total. The molecule has 25 heavy (non-hydrogen) atoms. The standard InChI is InChI=1S/C20H20FNO3/c1-13(14-8-10-16(21)11-9-14)22(3)19(24)20(2)12-15-6-4-5-7-17(15)18(23)25-20/h4-11,13H,12H2,1-3H3/t13-,20+/m1/s1. The van der Waals surface area contributed by atoms with Gasteiger partial charge in [-0.05, 0) is 43.2 Å². The van der Waals surface area contributed by atoms with Gasteiger partial charge in [-0.3, -0.25) is 4.79 Å². The Kier molecular flexibility index (Phi) is 4.33. The van der Waals surface area contributed by atoms with E-state index < -0.39 is 11.6 Å². The lowest BCUT2D eigenvalue weighted by Crippen LogP contribution is -2.52. The minimum atomic E-state index is -1.26. The predicted molar refractivity (Wildman–Crippen MR) is 91.6 cm³/mol. The van der Waals surface area contributed by atoms with Crippen LogP contribution in [0.25, 0.3) is 0 Å². The molecule has 2 aromatic rings. The van der Waals surface area contributed by atoms with Crippen LogP contribution in [0.15, 0.2) is 48.5 Å². The van der Waals surface area contributed by atoms with Crippen LogP contribution in [0.5, 0.6) is 0 Å². The molecule has 0 aromatic heterocycles. The number of cyclic esters (lactones) is 1. The molecule has 0 bridgehead atoms. The van der Waals surface area contributed by atoms with Crippen molar-refractivity contribution in [2.45, 2.75) is 31.9 Å². The average Bonchev–Trinajstić information content (AvgIpc) is 2.60. The predicted octanol–water partition coefficient (Wildman–Crippen LogP) is 3.52. The van der Waals surface area contributed by atoms with Crippen molar-refractivity contribution in [3.63, 3.8) is 0 Å². The number of ether oxygens (including phenoxy) is 1. The van der Waals surface area contributed by atoms with Gasteiger partial charge in [0.1, 0.15) is 5.82 Å². The second-order valence-corrected chi connectivity index (χ2v) is 6.60. The number of fused-ring (bicyclic) bond motifs is 1. The van der Waals surface area contributed by atoms with Crippen LogP contribution in [0.2, 0.25) is 0 Å². The van der Waals surface area contributed by atoms with Gasteiger partial charge in [0, 0.05) is 13.5 Å². The van der Waals surface area contributed by atoms with E-state index in [1.807, 2.05) is 19.1 Å². The first-order chi connectivity index (χ1) is 11.8. The Labute approximate surface area is 146 Å². The normalized spacial score (nSPS) is 20.4. The van der Waals surface area contributed by atoms with Crippen LogP contribution in [0.3, 0.4) is 0 Å². The highest BCUT2D eigenvalue weighted by molar-refractivity contribution is 5.97. The number of likely N-dealkylation sites (N-methyl/N-ethyl adjacent to an activating group) is 1. The minimum Gasteiger partial charge on any atom is -0.445 e. The van der Waals surface area contributed by atoms with E-state index in [1.54, 1.807) is 38.2 Å². The summed E-state index contributed by atoms with van der Waals surface area (Å²) in [5.74, 6) is -1.09. The number of carbonyl (C=O) groups is 2. The molecule has 1 amide bonds. The molecule has 0 fully saturated rings. The van der Waals surface area contributed by atoms with Gasteiger partial charge in [0.25, 0.3) is 5.91 Å². The zero-order chi connectivity index (χ0) is 18.2. The number of carbonyl (C=O) groups excluding carboxylic acids is 2. The molecular formula is C20H20FNO3. The van der Waals surface area contributed by atoms with Gasteiger partial charge in [-0.2, -0.15) is 0 Å². The van der Waals surface area contributed by atoms with Crippen LogP contribution in [-0.4, -0.2) is 29.4 Å². The van der Waals surface area contributed by atoms with E-state index in [1.165, 1.54) is 17.0 Å². The summed E-state index contributed by atoms with van der Waals surface area (Å²) in [4.78, 5) is 26.8. The van der Waals surface area contributed by atoms with Gasteiger partial charge >= 0.3 is 5.97 Å². The van der Waals surface area contributed by atoms with Gasteiger partial charge in [-0.25, -0.2) is 9.18 Å². The topological polar surface area (TPSA) is 46.6 Å². The fraction of sp³-hybridized carbons (Fsp3) is 0.300. The van der Waals surface area contributed by atoms with Crippen LogP contribution >= 0.6 is 0 Å². The molecule has 0 saturated heterocycles. The first-order valence-electron chi connectivity index (χ1n) is 8.16. The van der Waals surface area contributed by atoms with Crippen molar-refractivity contribution >= 4 is 11.9 Å². The van der Waals surface area contributed by atoms with Crippen molar-refractivity contribution in [3.05, 3.63) is 71.0 Å². The summed E-state index contributed by atoms with van der Waals surface area (Å²) in [6, 6.07) is 12.9. The minimum absolute atomic E-state index is 0.277. The van der Waals surface area contributed by atoms with E-state index >= 15 is 0 Å². The molecule has 5 heteroatoms. The Hall–Kier alpha value is -2.69. The van der Waals surface area contributed by atoms with Crippen molar-refractivity contribution in [2.24, 2.45) is 0 Å². The van der Waals surface area contributed by atoms with Crippen LogP contribution in [0.1, 0.15) is 41.4 Å². The number of amides is 1. The van der Waals surface area contributed by atoms with Gasteiger partial charge in [0.05, 0.1) is 11.6 Å². The summed E-state index contributed by atoms with van der Waals surface area (Å²) in [5, 5.41) is 0. The highest BCUT2D eigenvalue weighted by atomic mass is 19.1. The Morgan fingerprint density at radius 1 is 1.20 bits per heavy atom. The summed E-state index contributed by atoms with van der Waals surface area (Å²) in [5.41, 5.74) is 0.858. The summed E-state index contributed by atoms with van der Waals surface area (Å²) in [7, 11) is 1.66. The lowest BCUT2D eigenvalue weighted by molar-refractivity contribution is -0.151. The van der Waals surface area contributed by atoms with Gasteiger partial charge in [0.15, 0.2) is 5.60 Å². The van der Waals surface area contributed by atoms with Crippen LogP contribution in [-0.2, 0) is 16.0 Å². The van der Waals surface area contributed by atoms with Crippen molar-refractivity contribution in [3.8, 4) is 0 Å². The van der Waals surface area contributed by atoms with E-state index in [9.17, 15) is 14.0 Å². The molecule has 3 rings (SSSR count). The van der Waals surface area contributed by atoms with E-state index in [-0.39, 0.29) is 17.8 Å². The Bertz CT molecular complexity index is 818. The lowest BCUT2D eigenvalue weighted by Gasteiger charge is -2.38. The molecule has 0 saturated carbocycles. The van der Waals surface area contributed by atoms with Crippen LogP contribution in [0.4, 0.5) is 4.39 Å². The van der Waals surface area contributed by atoms with Crippen molar-refractivity contribution in [1.29, 1.82) is 0 Å². The van der Waals surface area contributed by atoms with Gasteiger partial charge < -0.3 is 9.64 Å². The number of halogens is 1. The maximum Gasteiger partial charge on any atom is 0.339 e. The molecule has 130 valence electrons. The fourth-order valence-corrected chi connectivity index (χ4v) is 3.17. The third kappa shape index (κ3) is 3.14. The molecule has 0 radical (unpaired) electrons. The third-order valence-electron chi connectivity index (χ3n) is 4.79. The van der Waals surface area contributed by atoms with E-state index in [0.717, 1.165) is 11.1 Å². The first kappa shape index (κ1) is 17.1. The third-order valence-corrected chi connectivity index (χ3v) is 4.79. The second-order valence-electron chi connectivity index (χ2n) is 6.60. The molecule has 0 spiro atoms.